The van der Waals surface area contributed by atoms with Gasteiger partial charge in [0.1, 0.15) is 0 Å². The summed E-state index contributed by atoms with van der Waals surface area (Å²) in [4.78, 5) is 12.5. The molecule has 0 unspecified atom stereocenters. The van der Waals surface area contributed by atoms with E-state index in [0.717, 1.165) is 13.0 Å². The van der Waals surface area contributed by atoms with Crippen LogP contribution in [0.3, 0.4) is 0 Å². The van der Waals surface area contributed by atoms with Gasteiger partial charge < -0.3 is 9.64 Å². The molecule has 1 amide bonds. The van der Waals surface area contributed by atoms with Gasteiger partial charge in [-0.3, -0.25) is 0 Å². The van der Waals surface area contributed by atoms with Gasteiger partial charge in [-0.15, -0.1) is 0 Å². The third-order valence-electron chi connectivity index (χ3n) is 1.49. The van der Waals surface area contributed by atoms with Crippen LogP contribution < -0.4 is 0 Å². The second-order valence-electron chi connectivity index (χ2n) is 2.18. The van der Waals surface area contributed by atoms with Gasteiger partial charge in [0.25, 0.3) is 0 Å². The van der Waals surface area contributed by atoms with E-state index in [-0.39, 0.29) is 6.09 Å². The first kappa shape index (κ1) is 7.12. The van der Waals surface area contributed by atoms with Crippen molar-refractivity contribution in [2.24, 2.45) is 0 Å². The molecule has 1 aliphatic heterocycles. The number of hydrogen-bond acceptors (Lipinski definition) is 2. The van der Waals surface area contributed by atoms with Gasteiger partial charge in [0.15, 0.2) is 0 Å². The van der Waals surface area contributed by atoms with Crippen LogP contribution >= 0.6 is 0 Å². The van der Waals surface area contributed by atoms with E-state index in [9.17, 15) is 4.79 Å². The lowest BCUT2D eigenvalue weighted by atomic mass is 10.3. The normalized spacial score (nSPS) is 17.1. The van der Waals surface area contributed by atoms with Crippen molar-refractivity contribution in [2.45, 2.75) is 6.42 Å². The summed E-state index contributed by atoms with van der Waals surface area (Å²) in [6, 6.07) is 0. The molecule has 0 aromatic rings. The van der Waals surface area contributed by atoms with E-state index in [1.54, 1.807) is 4.90 Å². The molecule has 0 radical (unpaired) electrons. The average Bonchev–Trinajstić information content (AvgIpc) is 2.05. The Morgan fingerprint density at radius 2 is 2.40 bits per heavy atom. The lowest BCUT2D eigenvalue weighted by Crippen LogP contribution is -2.33. The molecule has 1 heterocycles. The molecule has 0 aromatic heterocycles. The van der Waals surface area contributed by atoms with Crippen LogP contribution in [-0.2, 0) is 4.74 Å². The lowest BCUT2D eigenvalue weighted by molar-refractivity contribution is 0.127. The maximum Gasteiger partial charge on any atom is 0.409 e. The second kappa shape index (κ2) is 3.25. The molecule has 0 aliphatic carbocycles. The summed E-state index contributed by atoms with van der Waals surface area (Å²) in [5.74, 6) is 0. The zero-order valence-electron chi connectivity index (χ0n) is 6.04. The molecule has 1 aliphatic rings. The van der Waals surface area contributed by atoms with Gasteiger partial charge in [-0.05, 0) is 6.42 Å². The van der Waals surface area contributed by atoms with Gasteiger partial charge in [0.05, 0.1) is 7.11 Å². The SMILES string of the molecule is COC(=O)N1CC=CCC1. The summed E-state index contributed by atoms with van der Waals surface area (Å²) in [7, 11) is 1.40. The van der Waals surface area contributed by atoms with E-state index in [4.69, 9.17) is 0 Å². The van der Waals surface area contributed by atoms with Crippen LogP contribution in [0.15, 0.2) is 12.2 Å². The van der Waals surface area contributed by atoms with Crippen LogP contribution in [0.4, 0.5) is 4.79 Å². The fourth-order valence-electron chi connectivity index (χ4n) is 0.936. The first-order valence-electron chi connectivity index (χ1n) is 3.32. The predicted molar refractivity (Wildman–Crippen MR) is 37.7 cm³/mol. The molecule has 0 N–H and O–H groups in total. The van der Waals surface area contributed by atoms with E-state index >= 15 is 0 Å². The predicted octanol–water partition coefficient (Wildman–Crippen LogP) is 1.01. The van der Waals surface area contributed by atoms with Gasteiger partial charge in [-0.25, -0.2) is 4.79 Å². The molecular formula is C7H11NO2. The largest absolute Gasteiger partial charge is 0.453 e. The Balaban J connectivity index is 2.41. The zero-order chi connectivity index (χ0) is 7.40. The lowest BCUT2D eigenvalue weighted by Gasteiger charge is -2.21. The molecule has 3 heteroatoms. The average molecular weight is 141 g/mol. The second-order valence-corrected chi connectivity index (χ2v) is 2.18. The van der Waals surface area contributed by atoms with Crippen molar-refractivity contribution in [2.75, 3.05) is 20.2 Å². The van der Waals surface area contributed by atoms with Gasteiger partial charge in [-0.1, -0.05) is 12.2 Å². The summed E-state index contributed by atoms with van der Waals surface area (Å²) in [6.07, 6.45) is 4.75. The van der Waals surface area contributed by atoms with E-state index in [1.165, 1.54) is 7.11 Å². The first-order chi connectivity index (χ1) is 4.84. The number of methoxy groups -OCH3 is 1. The van der Waals surface area contributed by atoms with Gasteiger partial charge >= 0.3 is 6.09 Å². The van der Waals surface area contributed by atoms with Crippen molar-refractivity contribution in [3.63, 3.8) is 0 Å². The van der Waals surface area contributed by atoms with Crippen molar-refractivity contribution in [1.82, 2.24) is 4.90 Å². The van der Waals surface area contributed by atoms with Crippen LogP contribution in [0.1, 0.15) is 6.42 Å². The summed E-state index contributed by atoms with van der Waals surface area (Å²) in [5.41, 5.74) is 0. The standard InChI is InChI=1S/C7H11NO2/c1-10-7(9)8-5-3-2-4-6-8/h2-3H,4-6H2,1H3. The number of hydrogen-bond donors (Lipinski definition) is 0. The Bertz CT molecular complexity index is 154. The van der Waals surface area contributed by atoms with Crippen molar-refractivity contribution in [3.8, 4) is 0 Å². The van der Waals surface area contributed by atoms with Crippen molar-refractivity contribution < 1.29 is 9.53 Å². The van der Waals surface area contributed by atoms with E-state index in [2.05, 4.69) is 10.8 Å². The Morgan fingerprint density at radius 1 is 1.60 bits per heavy atom. The Labute approximate surface area is 60.3 Å². The van der Waals surface area contributed by atoms with Gasteiger partial charge in [0.2, 0.25) is 0 Å². The van der Waals surface area contributed by atoms with Crippen LogP contribution in [0.2, 0.25) is 0 Å². The summed E-state index contributed by atoms with van der Waals surface area (Å²) in [6.45, 7) is 1.47. The molecule has 10 heavy (non-hydrogen) atoms. The zero-order valence-corrected chi connectivity index (χ0v) is 6.04. The number of nitrogens with zero attached hydrogens (tertiary/aromatic N) is 1. The monoisotopic (exact) mass is 141 g/mol. The van der Waals surface area contributed by atoms with Gasteiger partial charge in [-0.2, -0.15) is 0 Å². The topological polar surface area (TPSA) is 29.5 Å². The summed E-state index contributed by atoms with van der Waals surface area (Å²) < 4.78 is 4.54. The van der Waals surface area contributed by atoms with Crippen molar-refractivity contribution in [3.05, 3.63) is 12.2 Å². The minimum Gasteiger partial charge on any atom is -0.453 e. The van der Waals surface area contributed by atoms with Crippen molar-refractivity contribution >= 4 is 6.09 Å². The first-order valence-corrected chi connectivity index (χ1v) is 3.32. The highest BCUT2D eigenvalue weighted by Crippen LogP contribution is 2.01. The third kappa shape index (κ3) is 1.50. The summed E-state index contributed by atoms with van der Waals surface area (Å²) in [5, 5.41) is 0. The maximum absolute atomic E-state index is 10.8. The minimum absolute atomic E-state index is 0.232. The van der Waals surface area contributed by atoms with E-state index < -0.39 is 0 Å². The molecule has 0 spiro atoms. The molecule has 0 atom stereocenters. The number of carbonyl (C=O) groups excluding carboxylic acids is 1. The van der Waals surface area contributed by atoms with Crippen LogP contribution in [0, 0.1) is 0 Å². The fraction of sp³-hybridized carbons (Fsp3) is 0.571. The van der Waals surface area contributed by atoms with Crippen LogP contribution in [0.25, 0.3) is 0 Å². The molecule has 0 saturated heterocycles. The van der Waals surface area contributed by atoms with E-state index in [1.807, 2.05) is 6.08 Å². The number of carbonyl (C=O) groups is 1. The summed E-state index contributed by atoms with van der Waals surface area (Å²) >= 11 is 0. The highest BCUT2D eigenvalue weighted by Gasteiger charge is 2.12. The molecule has 0 bridgehead atoms. The minimum atomic E-state index is -0.232. The molecule has 0 saturated carbocycles. The Hall–Kier alpha value is -0.990. The Morgan fingerprint density at radius 3 is 2.90 bits per heavy atom. The number of rotatable bonds is 0. The molecule has 3 nitrogen and oxygen atoms in total. The highest BCUT2D eigenvalue weighted by molar-refractivity contribution is 5.67. The van der Waals surface area contributed by atoms with E-state index in [0.29, 0.717) is 6.54 Å². The quantitative estimate of drug-likeness (QED) is 0.471. The molecule has 0 aromatic carbocycles. The maximum atomic E-state index is 10.8. The van der Waals surface area contributed by atoms with Gasteiger partial charge in [0, 0.05) is 13.1 Å². The molecular weight excluding hydrogens is 130 g/mol. The smallest absolute Gasteiger partial charge is 0.409 e. The Kier molecular flexibility index (Phi) is 2.31. The molecule has 0 fully saturated rings. The molecule has 1 rings (SSSR count). The van der Waals surface area contributed by atoms with Crippen LogP contribution in [-0.4, -0.2) is 31.2 Å². The fourth-order valence-corrected chi connectivity index (χ4v) is 0.936. The highest BCUT2D eigenvalue weighted by atomic mass is 16.5. The molecule has 56 valence electrons. The number of ether oxygens (including phenoxy) is 1. The third-order valence-corrected chi connectivity index (χ3v) is 1.49. The number of amides is 1. The van der Waals surface area contributed by atoms with Crippen molar-refractivity contribution in [1.29, 1.82) is 0 Å². The van der Waals surface area contributed by atoms with Crippen LogP contribution in [0.5, 0.6) is 0 Å².